The fourth-order valence-electron chi connectivity index (χ4n) is 2.03. The van der Waals surface area contributed by atoms with Crippen LogP contribution in [0.4, 0.5) is 0 Å². The summed E-state index contributed by atoms with van der Waals surface area (Å²) in [4.78, 5) is 12.1. The molecule has 1 aromatic heterocycles. The highest BCUT2D eigenvalue weighted by Gasteiger charge is 2.44. The molecule has 0 bridgehead atoms. The van der Waals surface area contributed by atoms with Crippen LogP contribution in [0.5, 0.6) is 0 Å². The number of nitrogens with zero attached hydrogens (tertiary/aromatic N) is 2. The van der Waals surface area contributed by atoms with Crippen LogP contribution < -0.4 is 11.1 Å². The molecule has 1 fully saturated rings. The lowest BCUT2D eigenvalue weighted by Gasteiger charge is -2.25. The van der Waals surface area contributed by atoms with Crippen molar-refractivity contribution in [2.24, 2.45) is 18.2 Å². The minimum absolute atomic E-state index is 0.0385. The first-order chi connectivity index (χ1) is 8.52. The fourth-order valence-corrected chi connectivity index (χ4v) is 2.03. The first-order valence-electron chi connectivity index (χ1n) is 6.12. The van der Waals surface area contributed by atoms with E-state index in [9.17, 15) is 4.79 Å². The lowest BCUT2D eigenvalue weighted by atomic mass is 9.85. The van der Waals surface area contributed by atoms with E-state index in [4.69, 9.17) is 10.5 Å². The van der Waals surface area contributed by atoms with Crippen molar-refractivity contribution in [1.29, 1.82) is 0 Å². The molecule has 2 atom stereocenters. The molecule has 2 heterocycles. The van der Waals surface area contributed by atoms with E-state index in [1.165, 1.54) is 0 Å². The van der Waals surface area contributed by atoms with E-state index in [-0.39, 0.29) is 11.9 Å². The molecule has 0 radical (unpaired) electrons. The zero-order valence-electron chi connectivity index (χ0n) is 10.8. The van der Waals surface area contributed by atoms with E-state index < -0.39 is 5.41 Å². The summed E-state index contributed by atoms with van der Waals surface area (Å²) in [6.45, 7) is 3.26. The molecular weight excluding hydrogens is 232 g/mol. The van der Waals surface area contributed by atoms with Gasteiger partial charge in [-0.2, -0.15) is 5.10 Å². The number of nitrogens with one attached hydrogen (secondary N) is 1. The number of carbonyl (C=O) groups excluding carboxylic acids is 1. The minimum Gasteiger partial charge on any atom is -0.379 e. The van der Waals surface area contributed by atoms with Gasteiger partial charge in [0.1, 0.15) is 0 Å². The topological polar surface area (TPSA) is 82.2 Å². The van der Waals surface area contributed by atoms with Gasteiger partial charge in [0.25, 0.3) is 0 Å². The quantitative estimate of drug-likeness (QED) is 0.753. The van der Waals surface area contributed by atoms with Gasteiger partial charge in [0.2, 0.25) is 5.91 Å². The number of carbonyl (C=O) groups is 1. The molecule has 1 aromatic rings. The SMILES string of the molecule is Cn1ccc(CCNC(=O)C2(C)COCC2N)n1. The predicted molar refractivity (Wildman–Crippen MR) is 66.8 cm³/mol. The smallest absolute Gasteiger partial charge is 0.229 e. The normalized spacial score (nSPS) is 27.4. The van der Waals surface area contributed by atoms with Gasteiger partial charge in [-0.25, -0.2) is 0 Å². The van der Waals surface area contributed by atoms with Crippen molar-refractivity contribution < 1.29 is 9.53 Å². The average Bonchev–Trinajstić information content (AvgIpc) is 2.88. The van der Waals surface area contributed by atoms with Gasteiger partial charge in [0, 0.05) is 32.3 Å². The standard InChI is InChI=1S/C12H20N4O2/c1-12(8-18-7-10(12)13)11(17)14-5-3-9-4-6-16(2)15-9/h4,6,10H,3,5,7-8,13H2,1-2H3,(H,14,17). The number of hydrogen-bond donors (Lipinski definition) is 2. The molecule has 1 aliphatic heterocycles. The van der Waals surface area contributed by atoms with Crippen LogP contribution in [0.25, 0.3) is 0 Å². The number of aryl methyl sites for hydroxylation is 1. The Kier molecular flexibility index (Phi) is 3.68. The van der Waals surface area contributed by atoms with Crippen molar-refractivity contribution in [3.63, 3.8) is 0 Å². The van der Waals surface area contributed by atoms with Gasteiger partial charge in [0.15, 0.2) is 0 Å². The molecule has 0 saturated carbocycles. The zero-order chi connectivity index (χ0) is 13.2. The van der Waals surface area contributed by atoms with Gasteiger partial charge < -0.3 is 15.8 Å². The number of aromatic nitrogens is 2. The molecule has 3 N–H and O–H groups in total. The Morgan fingerprint density at radius 2 is 2.56 bits per heavy atom. The maximum atomic E-state index is 12.1. The van der Waals surface area contributed by atoms with E-state index in [1.54, 1.807) is 4.68 Å². The molecular formula is C12H20N4O2. The summed E-state index contributed by atoms with van der Waals surface area (Å²) in [7, 11) is 1.87. The fraction of sp³-hybridized carbons (Fsp3) is 0.667. The summed E-state index contributed by atoms with van der Waals surface area (Å²) in [5.41, 5.74) is 6.26. The summed E-state index contributed by atoms with van der Waals surface area (Å²) in [6.07, 6.45) is 2.61. The number of rotatable bonds is 4. The van der Waals surface area contributed by atoms with Gasteiger partial charge in [0.05, 0.1) is 24.3 Å². The van der Waals surface area contributed by atoms with Crippen LogP contribution in [0, 0.1) is 5.41 Å². The third-order valence-corrected chi connectivity index (χ3v) is 3.47. The monoisotopic (exact) mass is 252 g/mol. The summed E-state index contributed by atoms with van der Waals surface area (Å²) in [6, 6.07) is 1.71. The third-order valence-electron chi connectivity index (χ3n) is 3.47. The minimum atomic E-state index is -0.607. The summed E-state index contributed by atoms with van der Waals surface area (Å²) in [5.74, 6) is -0.0385. The Labute approximate surface area is 106 Å². The van der Waals surface area contributed by atoms with Crippen LogP contribution >= 0.6 is 0 Å². The van der Waals surface area contributed by atoms with Crippen LogP contribution in [0.2, 0.25) is 0 Å². The molecule has 6 nitrogen and oxygen atoms in total. The van der Waals surface area contributed by atoms with Gasteiger partial charge in [-0.05, 0) is 13.0 Å². The molecule has 1 saturated heterocycles. The Hall–Kier alpha value is -1.40. The summed E-state index contributed by atoms with van der Waals surface area (Å²) in [5, 5.41) is 7.16. The maximum absolute atomic E-state index is 12.1. The van der Waals surface area contributed by atoms with Gasteiger partial charge in [-0.3, -0.25) is 9.48 Å². The summed E-state index contributed by atoms with van der Waals surface area (Å²) >= 11 is 0. The zero-order valence-corrected chi connectivity index (χ0v) is 10.8. The maximum Gasteiger partial charge on any atom is 0.229 e. The first-order valence-corrected chi connectivity index (χ1v) is 6.12. The predicted octanol–water partition coefficient (Wildman–Crippen LogP) is -0.557. The lowest BCUT2D eigenvalue weighted by Crippen LogP contribution is -2.50. The highest BCUT2D eigenvalue weighted by Crippen LogP contribution is 2.26. The van der Waals surface area contributed by atoms with Crippen LogP contribution in [-0.2, 0) is 23.0 Å². The highest BCUT2D eigenvalue weighted by molar-refractivity contribution is 5.83. The van der Waals surface area contributed by atoms with Crippen molar-refractivity contribution in [2.45, 2.75) is 19.4 Å². The molecule has 0 aliphatic carbocycles. The second kappa shape index (κ2) is 5.07. The van der Waals surface area contributed by atoms with Crippen molar-refractivity contribution in [3.8, 4) is 0 Å². The van der Waals surface area contributed by atoms with Crippen LogP contribution in [-0.4, -0.2) is 41.5 Å². The average molecular weight is 252 g/mol. The van der Waals surface area contributed by atoms with Gasteiger partial charge >= 0.3 is 0 Å². The number of amides is 1. The molecule has 1 aliphatic rings. The molecule has 1 amide bonds. The molecule has 0 spiro atoms. The van der Waals surface area contributed by atoms with Crippen molar-refractivity contribution in [3.05, 3.63) is 18.0 Å². The molecule has 100 valence electrons. The van der Waals surface area contributed by atoms with E-state index >= 15 is 0 Å². The Morgan fingerprint density at radius 3 is 3.11 bits per heavy atom. The van der Waals surface area contributed by atoms with Gasteiger partial charge in [-0.1, -0.05) is 0 Å². The number of ether oxygens (including phenoxy) is 1. The number of nitrogens with two attached hydrogens (primary N) is 1. The van der Waals surface area contributed by atoms with Crippen LogP contribution in [0.15, 0.2) is 12.3 Å². The molecule has 2 unspecified atom stereocenters. The first kappa shape index (κ1) is 13.0. The Balaban J connectivity index is 1.81. The molecule has 2 rings (SSSR count). The molecule has 6 heteroatoms. The largest absolute Gasteiger partial charge is 0.379 e. The number of hydrogen-bond acceptors (Lipinski definition) is 4. The van der Waals surface area contributed by atoms with Crippen LogP contribution in [0.1, 0.15) is 12.6 Å². The van der Waals surface area contributed by atoms with Crippen molar-refractivity contribution >= 4 is 5.91 Å². The molecule has 18 heavy (non-hydrogen) atoms. The van der Waals surface area contributed by atoms with E-state index in [1.807, 2.05) is 26.2 Å². The Bertz CT molecular complexity index is 431. The van der Waals surface area contributed by atoms with E-state index in [2.05, 4.69) is 10.4 Å². The van der Waals surface area contributed by atoms with Crippen LogP contribution in [0.3, 0.4) is 0 Å². The van der Waals surface area contributed by atoms with Gasteiger partial charge in [-0.15, -0.1) is 0 Å². The second-order valence-electron chi connectivity index (χ2n) is 5.03. The van der Waals surface area contributed by atoms with Crippen molar-refractivity contribution in [2.75, 3.05) is 19.8 Å². The molecule has 0 aromatic carbocycles. The van der Waals surface area contributed by atoms with E-state index in [0.717, 1.165) is 12.1 Å². The lowest BCUT2D eigenvalue weighted by molar-refractivity contribution is -0.130. The second-order valence-corrected chi connectivity index (χ2v) is 5.03. The summed E-state index contributed by atoms with van der Waals surface area (Å²) < 4.78 is 7.01. The Morgan fingerprint density at radius 1 is 1.78 bits per heavy atom. The highest BCUT2D eigenvalue weighted by atomic mass is 16.5. The third kappa shape index (κ3) is 2.54. The van der Waals surface area contributed by atoms with Crippen molar-refractivity contribution in [1.82, 2.24) is 15.1 Å². The van der Waals surface area contributed by atoms with E-state index in [0.29, 0.717) is 19.8 Å².